The standard InChI is InChI=1S/C17H26N2O2/c1-15-7-9-16(10-8-15)21-14-6-11-18-17(20)19-12-4-2-3-5-13-19/h7-10H,2-6,11-14H2,1H3,(H,18,20). The second-order valence-corrected chi connectivity index (χ2v) is 5.65. The van der Waals surface area contributed by atoms with E-state index in [-0.39, 0.29) is 6.03 Å². The molecule has 1 N–H and O–H groups in total. The van der Waals surface area contributed by atoms with Crippen molar-refractivity contribution >= 4 is 6.03 Å². The summed E-state index contributed by atoms with van der Waals surface area (Å²) in [5.74, 6) is 0.888. The van der Waals surface area contributed by atoms with Crippen LogP contribution in [0.25, 0.3) is 0 Å². The zero-order valence-electron chi connectivity index (χ0n) is 12.9. The lowest BCUT2D eigenvalue weighted by Gasteiger charge is -2.20. The summed E-state index contributed by atoms with van der Waals surface area (Å²) in [6.07, 6.45) is 5.57. The van der Waals surface area contributed by atoms with Crippen molar-refractivity contribution in [2.75, 3.05) is 26.2 Å². The number of aryl methyl sites for hydroxylation is 1. The van der Waals surface area contributed by atoms with Crippen LogP contribution in [-0.2, 0) is 0 Å². The number of nitrogens with zero attached hydrogens (tertiary/aromatic N) is 1. The lowest BCUT2D eigenvalue weighted by molar-refractivity contribution is 0.198. The third-order valence-electron chi connectivity index (χ3n) is 3.78. The van der Waals surface area contributed by atoms with Gasteiger partial charge in [0.25, 0.3) is 0 Å². The maximum absolute atomic E-state index is 12.0. The molecule has 4 heteroatoms. The maximum Gasteiger partial charge on any atom is 0.317 e. The first-order valence-electron chi connectivity index (χ1n) is 7.98. The second-order valence-electron chi connectivity index (χ2n) is 5.65. The molecule has 0 bridgehead atoms. The van der Waals surface area contributed by atoms with Crippen LogP contribution in [0.3, 0.4) is 0 Å². The van der Waals surface area contributed by atoms with Crippen LogP contribution in [0.1, 0.15) is 37.7 Å². The van der Waals surface area contributed by atoms with Crippen molar-refractivity contribution in [1.82, 2.24) is 10.2 Å². The third kappa shape index (κ3) is 5.66. The molecule has 0 saturated carbocycles. The van der Waals surface area contributed by atoms with Gasteiger partial charge in [-0.25, -0.2) is 4.79 Å². The Balaban J connectivity index is 1.58. The largest absolute Gasteiger partial charge is 0.494 e. The molecule has 0 unspecified atom stereocenters. The third-order valence-corrected chi connectivity index (χ3v) is 3.78. The molecule has 1 aromatic carbocycles. The van der Waals surface area contributed by atoms with Gasteiger partial charge in [0.2, 0.25) is 0 Å². The summed E-state index contributed by atoms with van der Waals surface area (Å²) < 4.78 is 5.64. The minimum absolute atomic E-state index is 0.0761. The van der Waals surface area contributed by atoms with E-state index in [1.807, 2.05) is 29.2 Å². The van der Waals surface area contributed by atoms with Crippen molar-refractivity contribution in [3.63, 3.8) is 0 Å². The van der Waals surface area contributed by atoms with Crippen LogP contribution in [0.4, 0.5) is 4.79 Å². The summed E-state index contributed by atoms with van der Waals surface area (Å²) in [6, 6.07) is 8.11. The molecule has 116 valence electrons. The summed E-state index contributed by atoms with van der Waals surface area (Å²) in [4.78, 5) is 13.9. The zero-order valence-corrected chi connectivity index (χ0v) is 12.9. The maximum atomic E-state index is 12.0. The number of urea groups is 1. The molecule has 0 atom stereocenters. The van der Waals surface area contributed by atoms with E-state index in [9.17, 15) is 4.79 Å². The fraction of sp³-hybridized carbons (Fsp3) is 0.588. The second kappa shape index (κ2) is 8.55. The molecule has 1 aromatic rings. The number of carbonyl (C=O) groups excluding carboxylic acids is 1. The highest BCUT2D eigenvalue weighted by atomic mass is 16.5. The highest BCUT2D eigenvalue weighted by molar-refractivity contribution is 5.74. The molecule has 21 heavy (non-hydrogen) atoms. The predicted octanol–water partition coefficient (Wildman–Crippen LogP) is 3.35. The van der Waals surface area contributed by atoms with Gasteiger partial charge in [-0.15, -0.1) is 0 Å². The van der Waals surface area contributed by atoms with E-state index in [0.29, 0.717) is 13.2 Å². The quantitative estimate of drug-likeness (QED) is 0.845. The lowest BCUT2D eigenvalue weighted by atomic mass is 10.2. The first kappa shape index (κ1) is 15.7. The van der Waals surface area contributed by atoms with Gasteiger partial charge < -0.3 is 15.0 Å². The highest BCUT2D eigenvalue weighted by Gasteiger charge is 2.14. The molecule has 1 aliphatic rings. The Kier molecular flexibility index (Phi) is 6.38. The molecular weight excluding hydrogens is 264 g/mol. The number of likely N-dealkylation sites (tertiary alicyclic amines) is 1. The number of carbonyl (C=O) groups is 1. The van der Waals surface area contributed by atoms with Gasteiger partial charge in [0.05, 0.1) is 6.61 Å². The molecule has 2 rings (SSSR count). The van der Waals surface area contributed by atoms with Crippen molar-refractivity contribution < 1.29 is 9.53 Å². The van der Waals surface area contributed by atoms with Crippen LogP contribution < -0.4 is 10.1 Å². The summed E-state index contributed by atoms with van der Waals surface area (Å²) in [7, 11) is 0. The molecule has 1 saturated heterocycles. The number of hydrogen-bond acceptors (Lipinski definition) is 2. The normalized spacial score (nSPS) is 15.4. The van der Waals surface area contributed by atoms with Crippen LogP contribution in [0.5, 0.6) is 5.75 Å². The molecule has 1 heterocycles. The summed E-state index contributed by atoms with van der Waals surface area (Å²) in [5.41, 5.74) is 1.23. The van der Waals surface area contributed by atoms with E-state index in [2.05, 4.69) is 12.2 Å². The number of benzene rings is 1. The number of rotatable bonds is 5. The SMILES string of the molecule is Cc1ccc(OCCCNC(=O)N2CCCCCC2)cc1. The topological polar surface area (TPSA) is 41.6 Å². The molecule has 1 fully saturated rings. The van der Waals surface area contributed by atoms with E-state index in [1.165, 1.54) is 18.4 Å². The van der Waals surface area contributed by atoms with E-state index in [0.717, 1.165) is 38.1 Å². The van der Waals surface area contributed by atoms with Crippen LogP contribution in [-0.4, -0.2) is 37.2 Å². The Hall–Kier alpha value is -1.71. The minimum Gasteiger partial charge on any atom is -0.494 e. The van der Waals surface area contributed by atoms with Gasteiger partial charge in [-0.2, -0.15) is 0 Å². The number of amides is 2. The molecular formula is C17H26N2O2. The van der Waals surface area contributed by atoms with Crippen molar-refractivity contribution in [3.05, 3.63) is 29.8 Å². The van der Waals surface area contributed by atoms with Crippen LogP contribution in [0, 0.1) is 6.92 Å². The summed E-state index contributed by atoms with van der Waals surface area (Å²) in [6.45, 7) is 5.14. The summed E-state index contributed by atoms with van der Waals surface area (Å²) in [5, 5.41) is 2.98. The van der Waals surface area contributed by atoms with E-state index in [4.69, 9.17) is 4.74 Å². The first-order valence-corrected chi connectivity index (χ1v) is 7.98. The van der Waals surface area contributed by atoms with Gasteiger partial charge in [-0.3, -0.25) is 0 Å². The Bertz CT molecular complexity index is 423. The number of ether oxygens (including phenoxy) is 1. The van der Waals surface area contributed by atoms with E-state index in [1.54, 1.807) is 0 Å². The predicted molar refractivity (Wildman–Crippen MR) is 84.7 cm³/mol. The van der Waals surface area contributed by atoms with Crippen molar-refractivity contribution in [2.45, 2.75) is 39.0 Å². The van der Waals surface area contributed by atoms with Gasteiger partial charge in [-0.05, 0) is 38.3 Å². The Labute approximate surface area is 127 Å². The van der Waals surface area contributed by atoms with Gasteiger partial charge in [0.1, 0.15) is 5.75 Å². The van der Waals surface area contributed by atoms with Gasteiger partial charge in [0.15, 0.2) is 0 Å². The van der Waals surface area contributed by atoms with Crippen LogP contribution in [0.2, 0.25) is 0 Å². The first-order chi connectivity index (χ1) is 10.3. The van der Waals surface area contributed by atoms with Gasteiger partial charge >= 0.3 is 6.03 Å². The monoisotopic (exact) mass is 290 g/mol. The molecule has 0 spiro atoms. The van der Waals surface area contributed by atoms with Crippen LogP contribution in [0.15, 0.2) is 24.3 Å². The van der Waals surface area contributed by atoms with E-state index >= 15 is 0 Å². The number of hydrogen-bond donors (Lipinski definition) is 1. The Morgan fingerprint density at radius 1 is 1.14 bits per heavy atom. The molecule has 0 radical (unpaired) electrons. The molecule has 0 aliphatic carbocycles. The fourth-order valence-corrected chi connectivity index (χ4v) is 2.48. The minimum atomic E-state index is 0.0761. The zero-order chi connectivity index (χ0) is 14.9. The van der Waals surface area contributed by atoms with Gasteiger partial charge in [-0.1, -0.05) is 30.5 Å². The van der Waals surface area contributed by atoms with Crippen LogP contribution >= 0.6 is 0 Å². The summed E-state index contributed by atoms with van der Waals surface area (Å²) >= 11 is 0. The fourth-order valence-electron chi connectivity index (χ4n) is 2.48. The van der Waals surface area contributed by atoms with Crippen molar-refractivity contribution in [3.8, 4) is 5.75 Å². The highest BCUT2D eigenvalue weighted by Crippen LogP contribution is 2.11. The molecule has 4 nitrogen and oxygen atoms in total. The van der Waals surface area contributed by atoms with Crippen molar-refractivity contribution in [1.29, 1.82) is 0 Å². The lowest BCUT2D eigenvalue weighted by Crippen LogP contribution is -2.41. The Morgan fingerprint density at radius 3 is 2.48 bits per heavy atom. The molecule has 1 aliphatic heterocycles. The Morgan fingerprint density at radius 2 is 1.81 bits per heavy atom. The average Bonchev–Trinajstić information content (AvgIpc) is 2.78. The average molecular weight is 290 g/mol. The van der Waals surface area contributed by atoms with Gasteiger partial charge in [0, 0.05) is 19.6 Å². The molecule has 0 aromatic heterocycles. The number of nitrogens with one attached hydrogen (secondary N) is 1. The molecule has 2 amide bonds. The van der Waals surface area contributed by atoms with Crippen molar-refractivity contribution in [2.24, 2.45) is 0 Å². The smallest absolute Gasteiger partial charge is 0.317 e. The van der Waals surface area contributed by atoms with E-state index < -0.39 is 0 Å².